The van der Waals surface area contributed by atoms with Crippen LogP contribution in [0.1, 0.15) is 158 Å². The molecule has 0 aliphatic carbocycles. The van der Waals surface area contributed by atoms with Crippen molar-refractivity contribution in [2.24, 2.45) is 0 Å². The summed E-state index contributed by atoms with van der Waals surface area (Å²) in [5.41, 5.74) is 10.8. The number of carboxylic acids is 3. The number of hydrogen-bond donors (Lipinski definition) is 3. The molecule has 5 aliphatic rings. The monoisotopic (exact) mass is 2020 g/mol. The molecule has 14 aromatic rings. The first kappa shape index (κ1) is 103. The van der Waals surface area contributed by atoms with E-state index < -0.39 is 30.1 Å². The molecule has 10 heterocycles. The summed E-state index contributed by atoms with van der Waals surface area (Å²) in [5.74, 6) is -2.34. The van der Waals surface area contributed by atoms with Gasteiger partial charge in [-0.25, -0.2) is 43.0 Å². The molecule has 23 nitrogen and oxygen atoms in total. The highest BCUT2D eigenvalue weighted by molar-refractivity contribution is 7.20. The van der Waals surface area contributed by atoms with E-state index in [9.17, 15) is 29.7 Å². The molecule has 5 aliphatic heterocycles. The second-order valence-corrected chi connectivity index (χ2v) is 40.8. The number of fused-ring (bicyclic) bond motifs is 4. The van der Waals surface area contributed by atoms with Crippen LogP contribution in [0.5, 0.6) is 5.75 Å². The number of aromatic carboxylic acids is 3. The second-order valence-electron chi connectivity index (χ2n) is 34.6. The third kappa shape index (κ3) is 23.5. The summed E-state index contributed by atoms with van der Waals surface area (Å²) in [6.07, 6.45) is 2.86. The molecule has 0 amide bonds. The van der Waals surface area contributed by atoms with E-state index in [-0.39, 0.29) is 26.5 Å². The summed E-state index contributed by atoms with van der Waals surface area (Å²) in [4.78, 5) is 70.9. The SMILES string of the molecule is [C-]#[N+]c1c(N2CCOCC2)sc(C(=O)O)c1C(CCC)c1ccc2ccccc2c1.[C-]#[N+]c1c(N2CCOCC2)sc(C(=O)O)c1C(CCC)c1ccc2ccccc2c1.[C-]#[N+]c1c(N2CCOCC2)sc(C(=O)O)c1C(c1ccc(Cl)c(Cl)c1)N(C)C.[C-]#[N+]c1c(N2CCOCC2)sc(C)c1C(F)c1ccc2ccccc2c1.[C-]#[N+]c1c(N2CCOCC2)sc(C)c1Cc1ccc2ccc(OC)cc2c1. The maximum Gasteiger partial charge on any atom is 0.344 e. The van der Waals surface area contributed by atoms with Crippen molar-refractivity contribution in [3.8, 4) is 5.75 Å². The molecular weight excluding hydrogens is 1920 g/mol. The van der Waals surface area contributed by atoms with Gasteiger partial charge in [0.05, 0.1) is 147 Å². The van der Waals surface area contributed by atoms with E-state index in [1.54, 1.807) is 30.6 Å². The summed E-state index contributed by atoms with van der Waals surface area (Å²) in [5, 5.41) is 43.9. The zero-order valence-corrected chi connectivity index (χ0v) is 85.0. The molecule has 4 unspecified atom stereocenters. The lowest BCUT2D eigenvalue weighted by Crippen LogP contribution is -2.35. The Labute approximate surface area is 851 Å². The first-order chi connectivity index (χ1) is 68.5. The van der Waals surface area contributed by atoms with Crippen molar-refractivity contribution >= 4 is 194 Å². The maximum atomic E-state index is 15.5. The number of aryl methyl sites for hydroxylation is 2. The standard InChI is InChI=1S/2C24H24N2O3S.C22H22N2O2S.C21H19FN2OS.C19H19Cl2N3O3S/c2*1-3-6-19(18-10-9-16-7-4-5-8-17(16)15-18)20-21(25-2)23(30-22(20)24(27)28)26-11-13-29-14-12-26;1-15-20(21(23-2)22(27-15)24-8-10-26-11-9-24)13-16-4-5-17-6-7-19(25-3)14-18(17)12-16;1-14-18(20(23-2)21(26-14)24-9-11-25-12-10-24)19(22)17-8-7-15-5-3-4-6-16(15)13-17;1-22-15-14(16(23(2)3)11-4-5-12(20)13(21)10-11)17(19(25)26)28-18(15)24-6-8-27-9-7-24/h2*4-5,7-10,15,19H,3,6,11-14H2,1H3,(H,27,28);4-7,12,14H,8-11,13H2,1,3H3;3-8,13,19H,9-12H2,1H3;4-5,10,16H,6-9H2,2-3H3,(H,25,26). The van der Waals surface area contributed by atoms with Crippen LogP contribution >= 0.6 is 79.9 Å². The molecule has 726 valence electrons. The lowest BCUT2D eigenvalue weighted by molar-refractivity contribution is 0.0689. The molecule has 5 saturated heterocycles. The van der Waals surface area contributed by atoms with E-state index in [4.69, 9.17) is 84.5 Å². The maximum absolute atomic E-state index is 15.5. The van der Waals surface area contributed by atoms with E-state index >= 15 is 4.39 Å². The van der Waals surface area contributed by atoms with Crippen molar-refractivity contribution < 1.29 is 62.5 Å². The fourth-order valence-electron chi connectivity index (χ4n) is 18.7. The Morgan fingerprint density at radius 2 is 0.730 bits per heavy atom. The highest BCUT2D eigenvalue weighted by atomic mass is 35.5. The number of carbonyl (C=O) groups is 3. The number of thiophene rings is 5. The first-order valence-electron chi connectivity index (χ1n) is 46.7. The molecule has 19 rings (SSSR count). The molecule has 9 aromatic carbocycles. The van der Waals surface area contributed by atoms with Crippen molar-refractivity contribution in [3.05, 3.63) is 329 Å². The van der Waals surface area contributed by atoms with E-state index in [0.717, 1.165) is 179 Å². The zero-order valence-electron chi connectivity index (χ0n) is 79.4. The minimum atomic E-state index is -1.30. The van der Waals surface area contributed by atoms with Crippen molar-refractivity contribution in [3.63, 3.8) is 0 Å². The van der Waals surface area contributed by atoms with E-state index in [2.05, 4.69) is 156 Å². The van der Waals surface area contributed by atoms with Crippen LogP contribution in [0.15, 0.2) is 182 Å². The van der Waals surface area contributed by atoms with E-state index in [1.165, 1.54) is 49.8 Å². The van der Waals surface area contributed by atoms with Gasteiger partial charge in [0.1, 0.15) is 26.6 Å². The van der Waals surface area contributed by atoms with Crippen LogP contribution in [0.3, 0.4) is 0 Å². The van der Waals surface area contributed by atoms with Crippen LogP contribution in [-0.2, 0) is 30.1 Å². The molecule has 0 saturated carbocycles. The minimum Gasteiger partial charge on any atom is -0.497 e. The average molecular weight is 2030 g/mol. The number of hydrogen-bond acceptors (Lipinski definition) is 20. The molecule has 3 N–H and O–H groups in total. The molecule has 5 aromatic heterocycles. The van der Waals surface area contributed by atoms with Crippen molar-refractivity contribution in [1.82, 2.24) is 4.90 Å². The summed E-state index contributed by atoms with van der Waals surface area (Å²) in [7, 11) is 5.38. The van der Waals surface area contributed by atoms with Crippen LogP contribution in [0.2, 0.25) is 10.0 Å². The predicted molar refractivity (Wildman–Crippen MR) is 572 cm³/mol. The topological polar surface area (TPSA) is 209 Å². The van der Waals surface area contributed by atoms with Gasteiger partial charge in [-0.15, -0.1) is 56.7 Å². The van der Waals surface area contributed by atoms with Crippen molar-refractivity contribution in [1.29, 1.82) is 0 Å². The molecule has 5 fully saturated rings. The lowest BCUT2D eigenvalue weighted by atomic mass is 9.85. The van der Waals surface area contributed by atoms with E-state index in [1.807, 2.05) is 110 Å². The Morgan fingerprint density at radius 1 is 0.397 bits per heavy atom. The van der Waals surface area contributed by atoms with Gasteiger partial charge in [0.15, 0.2) is 0 Å². The fourth-order valence-corrected chi connectivity index (χ4v) is 24.9. The van der Waals surface area contributed by atoms with Gasteiger partial charge in [-0.2, -0.15) is 0 Å². The Balaban J connectivity index is 0.000000133. The molecule has 31 heteroatoms. The Hall–Kier alpha value is -12.6. The number of methoxy groups -OCH3 is 1. The highest BCUT2D eigenvalue weighted by Crippen LogP contribution is 2.55. The Bertz CT molecular complexity index is 6920. The molecule has 4 atom stereocenters. The quantitative estimate of drug-likeness (QED) is 0.0481. The fraction of sp³-hybridized carbons (Fsp3) is 0.327. The van der Waals surface area contributed by atoms with E-state index in [0.29, 0.717) is 158 Å². The first-order valence-corrected chi connectivity index (χ1v) is 51.6. The van der Waals surface area contributed by atoms with Gasteiger partial charge < -0.3 is 68.2 Å². The smallest absolute Gasteiger partial charge is 0.344 e. The molecule has 0 radical (unpaired) electrons. The highest BCUT2D eigenvalue weighted by Gasteiger charge is 2.38. The van der Waals surface area contributed by atoms with Crippen LogP contribution in [0, 0.1) is 46.7 Å². The number of rotatable bonds is 24. The average Bonchev–Trinajstić information content (AvgIpc) is 1.62. The number of ether oxygens (including phenoxy) is 6. The third-order valence-corrected chi connectivity index (χ3v) is 32.5. The molecule has 0 spiro atoms. The number of nitrogens with zero attached hydrogens (tertiary/aromatic N) is 11. The second kappa shape index (κ2) is 48.3. The van der Waals surface area contributed by atoms with Crippen LogP contribution in [0.4, 0.5) is 57.8 Å². The van der Waals surface area contributed by atoms with Gasteiger partial charge in [-0.1, -0.05) is 202 Å². The van der Waals surface area contributed by atoms with Gasteiger partial charge in [-0.05, 0) is 175 Å². The zero-order chi connectivity index (χ0) is 99.5. The van der Waals surface area contributed by atoms with Crippen molar-refractivity contribution in [2.75, 3.05) is 177 Å². The third-order valence-electron chi connectivity index (χ3n) is 25.7. The summed E-state index contributed by atoms with van der Waals surface area (Å²) in [6, 6.07) is 59.9. The van der Waals surface area contributed by atoms with Gasteiger partial charge >= 0.3 is 17.9 Å². The predicted octanol–water partition coefficient (Wildman–Crippen LogP) is 27.5. The Kier molecular flexibility index (Phi) is 35.2. The molecular formula is C110H108Cl2FN11O12S5. The number of halogens is 3. The van der Waals surface area contributed by atoms with Crippen LogP contribution in [-0.4, -0.2) is 191 Å². The number of benzene rings is 9. The van der Waals surface area contributed by atoms with Crippen LogP contribution in [0.25, 0.3) is 67.3 Å². The number of anilines is 5. The minimum absolute atomic E-state index is 0.124. The molecule has 0 bridgehead atoms. The summed E-state index contributed by atoms with van der Waals surface area (Å²) in [6.45, 7) is 60.6. The number of morpholine rings is 5. The lowest BCUT2D eigenvalue weighted by Gasteiger charge is -2.29. The number of carboxylic acid groups (broad SMARTS) is 3. The van der Waals surface area contributed by atoms with Gasteiger partial charge in [0.2, 0.25) is 28.4 Å². The van der Waals surface area contributed by atoms with Gasteiger partial charge in [-0.3, -0.25) is 4.90 Å². The van der Waals surface area contributed by atoms with Gasteiger partial charge in [0, 0.05) is 88.4 Å². The summed E-state index contributed by atoms with van der Waals surface area (Å²) >= 11 is 19.1. The van der Waals surface area contributed by atoms with Crippen molar-refractivity contribution in [2.45, 2.75) is 83.8 Å². The van der Waals surface area contributed by atoms with Crippen LogP contribution < -0.4 is 29.2 Å². The number of alkyl halides is 1. The van der Waals surface area contributed by atoms with Gasteiger partial charge in [0.25, 0.3) is 0 Å². The normalized spacial score (nSPS) is 15.2. The molecule has 141 heavy (non-hydrogen) atoms. The largest absolute Gasteiger partial charge is 0.497 e. The Morgan fingerprint density at radius 3 is 1.11 bits per heavy atom. The summed E-state index contributed by atoms with van der Waals surface area (Å²) < 4.78 is 48.0.